The highest BCUT2D eigenvalue weighted by Crippen LogP contribution is 2.23. The molecular formula is C21H30N2O5. The molecule has 0 aliphatic carbocycles. The Morgan fingerprint density at radius 3 is 2.18 bits per heavy atom. The van der Waals surface area contributed by atoms with Crippen LogP contribution in [0.25, 0.3) is 0 Å². The summed E-state index contributed by atoms with van der Waals surface area (Å²) in [5.41, 5.74) is -0.964. The number of amides is 2. The van der Waals surface area contributed by atoms with Crippen molar-refractivity contribution in [2.75, 3.05) is 13.7 Å². The van der Waals surface area contributed by atoms with Gasteiger partial charge in [0.15, 0.2) is 6.61 Å². The summed E-state index contributed by atoms with van der Waals surface area (Å²) in [5, 5.41) is 9.27. The van der Waals surface area contributed by atoms with Gasteiger partial charge in [-0.25, -0.2) is 4.79 Å². The molecule has 7 nitrogen and oxygen atoms in total. The number of likely N-dealkylation sites (N-methyl/N-ethyl adjacent to an activating group) is 1. The van der Waals surface area contributed by atoms with E-state index in [1.807, 2.05) is 4.90 Å². The van der Waals surface area contributed by atoms with E-state index < -0.39 is 17.4 Å². The Hall–Kier alpha value is -2.57. The number of carboxylic acid groups (broad SMARTS) is 1. The third-order valence-electron chi connectivity index (χ3n) is 5.61. The van der Waals surface area contributed by atoms with E-state index in [4.69, 9.17) is 4.74 Å². The Morgan fingerprint density at radius 1 is 1.14 bits per heavy atom. The molecule has 1 aliphatic heterocycles. The van der Waals surface area contributed by atoms with Crippen molar-refractivity contribution in [3.8, 4) is 5.75 Å². The zero-order chi connectivity index (χ0) is 21.1. The number of carbonyl (C=O) groups is 3. The van der Waals surface area contributed by atoms with Crippen molar-refractivity contribution in [3.63, 3.8) is 0 Å². The van der Waals surface area contributed by atoms with E-state index in [0.29, 0.717) is 11.3 Å². The number of hydrogen-bond acceptors (Lipinski definition) is 4. The summed E-state index contributed by atoms with van der Waals surface area (Å²) in [6, 6.07) is 6.81. The molecule has 2 rings (SSSR count). The molecule has 2 amide bonds. The number of likely N-dealkylation sites (tertiary alicyclic amines) is 1. The Bertz CT molecular complexity index is 719. The molecule has 0 spiro atoms. The molecule has 28 heavy (non-hydrogen) atoms. The van der Waals surface area contributed by atoms with Crippen molar-refractivity contribution in [1.29, 1.82) is 0 Å². The molecule has 1 N–H and O–H groups in total. The van der Waals surface area contributed by atoms with E-state index in [1.165, 1.54) is 25.8 Å². The van der Waals surface area contributed by atoms with E-state index in [1.54, 1.807) is 24.3 Å². The lowest BCUT2D eigenvalue weighted by atomic mass is 9.97. The first-order valence-electron chi connectivity index (χ1n) is 9.61. The maximum absolute atomic E-state index is 12.5. The van der Waals surface area contributed by atoms with Crippen LogP contribution in [-0.4, -0.2) is 64.0 Å². The lowest BCUT2D eigenvalue weighted by molar-refractivity contribution is -0.147. The summed E-state index contributed by atoms with van der Waals surface area (Å²) in [5.74, 6) is -1.03. The molecule has 1 aromatic rings. The number of carboxylic acids is 1. The standard InChI is InChI=1S/C21H30N2O5/c1-14-7-6-8-15(2)23(14)18(24)13-28-17-11-9-16(10-12-17)19(25)22(5)21(3,4)20(26)27/h9-12,14-15H,6-8,13H2,1-5H3,(H,26,27). The monoisotopic (exact) mass is 390 g/mol. The van der Waals surface area contributed by atoms with Crippen LogP contribution in [0.1, 0.15) is 57.3 Å². The number of rotatable bonds is 6. The van der Waals surface area contributed by atoms with Crippen LogP contribution in [0.2, 0.25) is 0 Å². The topological polar surface area (TPSA) is 87.2 Å². The van der Waals surface area contributed by atoms with Gasteiger partial charge in [-0.15, -0.1) is 0 Å². The van der Waals surface area contributed by atoms with Crippen molar-refractivity contribution in [2.45, 2.75) is 64.6 Å². The van der Waals surface area contributed by atoms with Gasteiger partial charge in [0.05, 0.1) is 0 Å². The third-order valence-corrected chi connectivity index (χ3v) is 5.61. The van der Waals surface area contributed by atoms with Gasteiger partial charge in [0.25, 0.3) is 11.8 Å². The van der Waals surface area contributed by atoms with Crippen LogP contribution in [0.5, 0.6) is 5.75 Å². The lowest BCUT2D eigenvalue weighted by Crippen LogP contribution is -2.50. The minimum atomic E-state index is -1.32. The second-order valence-electron chi connectivity index (χ2n) is 7.97. The van der Waals surface area contributed by atoms with Crippen molar-refractivity contribution in [1.82, 2.24) is 9.80 Å². The van der Waals surface area contributed by atoms with E-state index in [0.717, 1.165) is 19.3 Å². The average Bonchev–Trinajstić information content (AvgIpc) is 2.65. The number of aliphatic carboxylic acids is 1. The second kappa shape index (κ2) is 8.63. The summed E-state index contributed by atoms with van der Waals surface area (Å²) in [7, 11) is 1.46. The molecule has 1 aromatic carbocycles. The van der Waals surface area contributed by atoms with Gasteiger partial charge >= 0.3 is 5.97 Å². The van der Waals surface area contributed by atoms with Crippen molar-refractivity contribution < 1.29 is 24.2 Å². The van der Waals surface area contributed by atoms with E-state index >= 15 is 0 Å². The molecule has 2 atom stereocenters. The van der Waals surface area contributed by atoms with Crippen molar-refractivity contribution >= 4 is 17.8 Å². The van der Waals surface area contributed by atoms with Gasteiger partial charge in [0.2, 0.25) is 0 Å². The first-order chi connectivity index (χ1) is 13.1. The molecule has 1 heterocycles. The Kier molecular flexibility index (Phi) is 6.69. The number of carbonyl (C=O) groups excluding carboxylic acids is 2. The number of piperidine rings is 1. The first kappa shape index (κ1) is 21.7. The van der Waals surface area contributed by atoms with Crippen LogP contribution in [-0.2, 0) is 9.59 Å². The second-order valence-corrected chi connectivity index (χ2v) is 7.97. The fraction of sp³-hybridized carbons (Fsp3) is 0.571. The third kappa shape index (κ3) is 4.64. The van der Waals surface area contributed by atoms with Crippen molar-refractivity contribution in [2.24, 2.45) is 0 Å². The Morgan fingerprint density at radius 2 is 1.68 bits per heavy atom. The predicted molar refractivity (Wildman–Crippen MR) is 105 cm³/mol. The number of benzene rings is 1. The fourth-order valence-corrected chi connectivity index (χ4v) is 3.42. The molecular weight excluding hydrogens is 360 g/mol. The van der Waals surface area contributed by atoms with Gasteiger partial charge in [-0.2, -0.15) is 0 Å². The zero-order valence-electron chi connectivity index (χ0n) is 17.3. The van der Waals surface area contributed by atoms with Crippen LogP contribution in [0.3, 0.4) is 0 Å². The number of nitrogens with zero attached hydrogens (tertiary/aromatic N) is 2. The summed E-state index contributed by atoms with van der Waals surface area (Å²) in [6.07, 6.45) is 3.15. The van der Waals surface area contributed by atoms with Crippen LogP contribution in [0.15, 0.2) is 24.3 Å². The summed E-state index contributed by atoms with van der Waals surface area (Å²) < 4.78 is 5.61. The normalized spacial score (nSPS) is 19.8. The highest BCUT2D eigenvalue weighted by molar-refractivity contribution is 5.97. The molecule has 0 radical (unpaired) electrons. The summed E-state index contributed by atoms with van der Waals surface area (Å²) in [6.45, 7) is 7.01. The SMILES string of the molecule is CC1CCCC(C)N1C(=O)COc1ccc(C(=O)N(C)C(C)(C)C(=O)O)cc1. The van der Waals surface area contributed by atoms with Gasteiger partial charge in [-0.3, -0.25) is 9.59 Å². The molecule has 154 valence electrons. The van der Waals surface area contributed by atoms with Gasteiger partial charge in [0.1, 0.15) is 11.3 Å². The lowest BCUT2D eigenvalue weighted by Gasteiger charge is -2.38. The highest BCUT2D eigenvalue weighted by atomic mass is 16.5. The minimum absolute atomic E-state index is 0.0391. The van der Waals surface area contributed by atoms with Crippen molar-refractivity contribution in [3.05, 3.63) is 29.8 Å². The van der Waals surface area contributed by atoms with Crippen LogP contribution >= 0.6 is 0 Å². The average molecular weight is 390 g/mol. The van der Waals surface area contributed by atoms with Crippen LogP contribution in [0.4, 0.5) is 0 Å². The fourth-order valence-electron chi connectivity index (χ4n) is 3.42. The molecule has 0 aromatic heterocycles. The number of ether oxygens (including phenoxy) is 1. The van der Waals surface area contributed by atoms with Crippen LogP contribution in [0, 0.1) is 0 Å². The van der Waals surface area contributed by atoms with Gasteiger partial charge in [-0.1, -0.05) is 0 Å². The van der Waals surface area contributed by atoms with E-state index in [-0.39, 0.29) is 24.6 Å². The zero-order valence-corrected chi connectivity index (χ0v) is 17.3. The Labute approximate surface area is 166 Å². The Balaban J connectivity index is 1.98. The molecule has 1 fully saturated rings. The number of hydrogen-bond donors (Lipinski definition) is 1. The maximum atomic E-state index is 12.5. The van der Waals surface area contributed by atoms with Crippen LogP contribution < -0.4 is 4.74 Å². The molecule has 7 heteroatoms. The minimum Gasteiger partial charge on any atom is -0.484 e. The molecule has 1 aliphatic rings. The largest absolute Gasteiger partial charge is 0.484 e. The van der Waals surface area contributed by atoms with E-state index in [2.05, 4.69) is 13.8 Å². The van der Waals surface area contributed by atoms with Gasteiger partial charge in [0, 0.05) is 24.7 Å². The molecule has 2 unspecified atom stereocenters. The molecule has 0 bridgehead atoms. The summed E-state index contributed by atoms with van der Waals surface area (Å²) in [4.78, 5) is 39.4. The van der Waals surface area contributed by atoms with Gasteiger partial charge < -0.3 is 19.6 Å². The predicted octanol–water partition coefficient (Wildman–Crippen LogP) is 2.79. The molecule has 0 saturated carbocycles. The molecule has 1 saturated heterocycles. The highest BCUT2D eigenvalue weighted by Gasteiger charge is 2.35. The first-order valence-corrected chi connectivity index (χ1v) is 9.61. The van der Waals surface area contributed by atoms with E-state index in [9.17, 15) is 19.5 Å². The smallest absolute Gasteiger partial charge is 0.329 e. The quantitative estimate of drug-likeness (QED) is 0.807. The maximum Gasteiger partial charge on any atom is 0.329 e. The van der Waals surface area contributed by atoms with Gasteiger partial charge in [-0.05, 0) is 71.2 Å². The summed E-state index contributed by atoms with van der Waals surface area (Å²) >= 11 is 0.